The van der Waals surface area contributed by atoms with Crippen LogP contribution >= 0.6 is 0 Å². The van der Waals surface area contributed by atoms with Crippen LogP contribution < -0.4 is 4.74 Å². The second-order valence-electron chi connectivity index (χ2n) is 3.69. The van der Waals surface area contributed by atoms with E-state index in [9.17, 15) is 4.79 Å². The van der Waals surface area contributed by atoms with Crippen LogP contribution in [0.4, 0.5) is 0 Å². The molecule has 0 heterocycles. The molecule has 0 aliphatic carbocycles. The van der Waals surface area contributed by atoms with Gasteiger partial charge in [0, 0.05) is 6.42 Å². The minimum absolute atomic E-state index is 0.431. The first-order chi connectivity index (χ1) is 8.40. The van der Waals surface area contributed by atoms with Crippen molar-refractivity contribution in [2.45, 2.75) is 6.42 Å². The van der Waals surface area contributed by atoms with E-state index >= 15 is 0 Å². The van der Waals surface area contributed by atoms with Crippen LogP contribution in [-0.4, -0.2) is 12.9 Å². The van der Waals surface area contributed by atoms with E-state index in [0.29, 0.717) is 13.0 Å². The van der Waals surface area contributed by atoms with Crippen LogP contribution in [0.2, 0.25) is 0 Å². The standard InChI is InChI=1S/C15H14O2/c16-11-4-12-17-15-9-7-14(8-10-15)13-5-2-1-3-6-13/h1-3,5-11H,4,12H2. The van der Waals surface area contributed by atoms with E-state index in [1.54, 1.807) is 0 Å². The summed E-state index contributed by atoms with van der Waals surface area (Å²) in [5, 5.41) is 0. The van der Waals surface area contributed by atoms with Crippen molar-refractivity contribution >= 4 is 6.29 Å². The molecule has 0 saturated carbocycles. The molecule has 2 rings (SSSR count). The summed E-state index contributed by atoms with van der Waals surface area (Å²) in [6.45, 7) is 0.439. The maximum absolute atomic E-state index is 10.2. The second kappa shape index (κ2) is 5.85. The summed E-state index contributed by atoms with van der Waals surface area (Å²) < 4.78 is 5.41. The molecule has 0 aliphatic heterocycles. The molecule has 86 valence electrons. The number of carbonyl (C=O) groups is 1. The van der Waals surface area contributed by atoms with Crippen molar-refractivity contribution in [1.82, 2.24) is 0 Å². The SMILES string of the molecule is O=CCCOc1ccc(-c2ccccc2)cc1. The first kappa shape index (κ1) is 11.4. The zero-order valence-corrected chi connectivity index (χ0v) is 9.50. The van der Waals surface area contributed by atoms with Gasteiger partial charge >= 0.3 is 0 Å². The molecule has 0 saturated heterocycles. The lowest BCUT2D eigenvalue weighted by atomic mass is 10.1. The largest absolute Gasteiger partial charge is 0.493 e. The van der Waals surface area contributed by atoms with Crippen LogP contribution in [0, 0.1) is 0 Å². The molecular weight excluding hydrogens is 212 g/mol. The van der Waals surface area contributed by atoms with Crippen molar-refractivity contribution in [2.24, 2.45) is 0 Å². The van der Waals surface area contributed by atoms with Gasteiger partial charge in [-0.15, -0.1) is 0 Å². The quantitative estimate of drug-likeness (QED) is 0.577. The van der Waals surface area contributed by atoms with Crippen molar-refractivity contribution in [3.63, 3.8) is 0 Å². The number of carbonyl (C=O) groups excluding carboxylic acids is 1. The molecule has 2 nitrogen and oxygen atoms in total. The molecule has 0 N–H and O–H groups in total. The van der Waals surface area contributed by atoms with Crippen LogP contribution in [0.15, 0.2) is 54.6 Å². The fourth-order valence-corrected chi connectivity index (χ4v) is 1.60. The van der Waals surface area contributed by atoms with E-state index in [0.717, 1.165) is 17.6 Å². The lowest BCUT2D eigenvalue weighted by Gasteiger charge is -2.05. The Morgan fingerprint density at radius 1 is 0.882 bits per heavy atom. The Morgan fingerprint density at radius 2 is 1.53 bits per heavy atom. The van der Waals surface area contributed by atoms with Gasteiger partial charge in [-0.1, -0.05) is 42.5 Å². The van der Waals surface area contributed by atoms with Gasteiger partial charge in [-0.3, -0.25) is 0 Å². The van der Waals surface area contributed by atoms with E-state index in [1.165, 1.54) is 5.56 Å². The molecular formula is C15H14O2. The summed E-state index contributed by atoms with van der Waals surface area (Å²) in [6, 6.07) is 18.1. The highest BCUT2D eigenvalue weighted by Gasteiger charge is 1.97. The monoisotopic (exact) mass is 226 g/mol. The zero-order valence-electron chi connectivity index (χ0n) is 9.50. The Kier molecular flexibility index (Phi) is 3.92. The van der Waals surface area contributed by atoms with Gasteiger partial charge in [0.2, 0.25) is 0 Å². The predicted octanol–water partition coefficient (Wildman–Crippen LogP) is 3.32. The average molecular weight is 226 g/mol. The molecule has 0 radical (unpaired) electrons. The molecule has 0 unspecified atom stereocenters. The molecule has 0 spiro atoms. The van der Waals surface area contributed by atoms with Crippen molar-refractivity contribution in [3.8, 4) is 16.9 Å². The minimum atomic E-state index is 0.431. The normalized spacial score (nSPS) is 9.88. The van der Waals surface area contributed by atoms with Crippen LogP contribution in [-0.2, 0) is 4.79 Å². The van der Waals surface area contributed by atoms with E-state index in [1.807, 2.05) is 42.5 Å². The van der Waals surface area contributed by atoms with Crippen molar-refractivity contribution < 1.29 is 9.53 Å². The van der Waals surface area contributed by atoms with Crippen molar-refractivity contribution in [1.29, 1.82) is 0 Å². The molecule has 0 amide bonds. The van der Waals surface area contributed by atoms with Crippen LogP contribution in [0.5, 0.6) is 5.75 Å². The fraction of sp³-hybridized carbons (Fsp3) is 0.133. The highest BCUT2D eigenvalue weighted by Crippen LogP contribution is 2.21. The topological polar surface area (TPSA) is 26.3 Å². The molecule has 2 aromatic carbocycles. The number of rotatable bonds is 5. The van der Waals surface area contributed by atoms with Gasteiger partial charge in [0.15, 0.2) is 0 Å². The lowest BCUT2D eigenvalue weighted by molar-refractivity contribution is -0.108. The molecule has 0 aromatic heterocycles. The predicted molar refractivity (Wildman–Crippen MR) is 68.1 cm³/mol. The summed E-state index contributed by atoms with van der Waals surface area (Å²) in [4.78, 5) is 10.2. The van der Waals surface area contributed by atoms with E-state index in [4.69, 9.17) is 4.74 Å². The van der Waals surface area contributed by atoms with E-state index in [-0.39, 0.29) is 0 Å². The number of hydrogen-bond acceptors (Lipinski definition) is 2. The maximum atomic E-state index is 10.2. The summed E-state index contributed by atoms with van der Waals surface area (Å²) in [6.07, 6.45) is 1.29. The van der Waals surface area contributed by atoms with Gasteiger partial charge in [0.25, 0.3) is 0 Å². The van der Waals surface area contributed by atoms with Crippen molar-refractivity contribution in [2.75, 3.05) is 6.61 Å². The highest BCUT2D eigenvalue weighted by molar-refractivity contribution is 5.63. The third-order valence-electron chi connectivity index (χ3n) is 2.47. The van der Waals surface area contributed by atoms with E-state index < -0.39 is 0 Å². The summed E-state index contributed by atoms with van der Waals surface area (Å²) >= 11 is 0. The third kappa shape index (κ3) is 3.18. The summed E-state index contributed by atoms with van der Waals surface area (Å²) in [7, 11) is 0. The molecule has 0 atom stereocenters. The number of benzene rings is 2. The van der Waals surface area contributed by atoms with Gasteiger partial charge in [-0.25, -0.2) is 0 Å². The minimum Gasteiger partial charge on any atom is -0.493 e. The zero-order chi connectivity index (χ0) is 11.9. The number of aldehydes is 1. The van der Waals surface area contributed by atoms with Crippen molar-refractivity contribution in [3.05, 3.63) is 54.6 Å². The molecule has 0 fully saturated rings. The smallest absolute Gasteiger partial charge is 0.123 e. The van der Waals surface area contributed by atoms with Gasteiger partial charge in [-0.05, 0) is 23.3 Å². The number of hydrogen-bond donors (Lipinski definition) is 0. The molecule has 2 aromatic rings. The Morgan fingerprint density at radius 3 is 2.18 bits per heavy atom. The maximum Gasteiger partial charge on any atom is 0.123 e. The summed E-state index contributed by atoms with van der Waals surface area (Å²) in [5.74, 6) is 0.798. The lowest BCUT2D eigenvalue weighted by Crippen LogP contribution is -1.97. The Labute approximate surface area is 101 Å². The second-order valence-corrected chi connectivity index (χ2v) is 3.69. The Balaban J connectivity index is 2.05. The molecule has 2 heteroatoms. The van der Waals surface area contributed by atoms with E-state index in [2.05, 4.69) is 12.1 Å². The van der Waals surface area contributed by atoms with Crippen LogP contribution in [0.1, 0.15) is 6.42 Å². The van der Waals surface area contributed by atoms with Gasteiger partial charge in [-0.2, -0.15) is 0 Å². The summed E-state index contributed by atoms with van der Waals surface area (Å²) in [5.41, 5.74) is 2.35. The Hall–Kier alpha value is -2.09. The van der Waals surface area contributed by atoms with Crippen LogP contribution in [0.3, 0.4) is 0 Å². The van der Waals surface area contributed by atoms with Gasteiger partial charge in [0.1, 0.15) is 12.0 Å². The first-order valence-corrected chi connectivity index (χ1v) is 5.62. The molecule has 0 bridgehead atoms. The fourth-order valence-electron chi connectivity index (χ4n) is 1.60. The van der Waals surface area contributed by atoms with Crippen LogP contribution in [0.25, 0.3) is 11.1 Å². The average Bonchev–Trinajstić information content (AvgIpc) is 2.41. The Bertz CT molecular complexity index is 460. The third-order valence-corrected chi connectivity index (χ3v) is 2.47. The van der Waals surface area contributed by atoms with Gasteiger partial charge in [0.05, 0.1) is 6.61 Å². The first-order valence-electron chi connectivity index (χ1n) is 5.62. The van der Waals surface area contributed by atoms with Gasteiger partial charge < -0.3 is 9.53 Å². The number of ether oxygens (including phenoxy) is 1. The molecule has 0 aliphatic rings. The molecule has 17 heavy (non-hydrogen) atoms. The highest BCUT2D eigenvalue weighted by atomic mass is 16.5.